The average molecular weight is 321 g/mol. The Labute approximate surface area is 128 Å². The van der Waals surface area contributed by atoms with Crippen LogP contribution in [0.2, 0.25) is 0 Å². The summed E-state index contributed by atoms with van der Waals surface area (Å²) in [5.74, 6) is -1.16. The van der Waals surface area contributed by atoms with Crippen molar-refractivity contribution in [2.24, 2.45) is 0 Å². The van der Waals surface area contributed by atoms with Gasteiger partial charge in [0.2, 0.25) is 10.0 Å². The maximum atomic E-state index is 13.5. The molecule has 1 N–H and O–H groups in total. The summed E-state index contributed by atoms with van der Waals surface area (Å²) in [4.78, 5) is 0.209. The smallest absolute Gasteiger partial charge is 0.243 e. The zero-order valence-corrected chi connectivity index (χ0v) is 12.7. The number of phenols is 1. The molecule has 0 atom stereocenters. The van der Waals surface area contributed by atoms with Gasteiger partial charge in [-0.15, -0.1) is 0 Å². The molecule has 1 aliphatic rings. The Hall–Kier alpha value is -1.92. The number of rotatable bonds is 3. The van der Waals surface area contributed by atoms with Crippen LogP contribution in [0, 0.1) is 5.82 Å². The molecule has 3 rings (SSSR count). The van der Waals surface area contributed by atoms with Crippen LogP contribution >= 0.6 is 0 Å². The van der Waals surface area contributed by atoms with Gasteiger partial charge in [-0.3, -0.25) is 0 Å². The first-order chi connectivity index (χ1) is 10.5. The minimum Gasteiger partial charge on any atom is -0.505 e. The number of sulfonamides is 1. The standard InChI is InChI=1S/C16H16FNO3S/c17-15-11-13(6-7-16(15)19)12-4-3-5-14(10-12)22(20,21)18-8-1-2-9-18/h3-7,10-11,19H,1-2,8-9H2. The van der Waals surface area contributed by atoms with E-state index >= 15 is 0 Å². The van der Waals surface area contributed by atoms with Crippen molar-refractivity contribution in [3.8, 4) is 16.9 Å². The van der Waals surface area contributed by atoms with Gasteiger partial charge in [0, 0.05) is 13.1 Å². The molecule has 6 heteroatoms. The number of halogens is 1. The number of aromatic hydroxyl groups is 1. The molecule has 0 unspecified atom stereocenters. The number of phenolic OH excluding ortho intramolecular Hbond substituents is 1. The van der Waals surface area contributed by atoms with Crippen LogP contribution in [0.25, 0.3) is 11.1 Å². The van der Waals surface area contributed by atoms with E-state index in [1.54, 1.807) is 30.3 Å². The second kappa shape index (κ2) is 5.70. The molecule has 0 spiro atoms. The predicted molar refractivity (Wildman–Crippen MR) is 81.5 cm³/mol. The second-order valence-electron chi connectivity index (χ2n) is 5.31. The Balaban J connectivity index is 2.00. The summed E-state index contributed by atoms with van der Waals surface area (Å²) in [7, 11) is -3.50. The molecular weight excluding hydrogens is 305 g/mol. The van der Waals surface area contributed by atoms with Gasteiger partial charge in [-0.05, 0) is 48.2 Å². The monoisotopic (exact) mass is 321 g/mol. The molecular formula is C16H16FNO3S. The lowest BCUT2D eigenvalue weighted by atomic mass is 10.1. The van der Waals surface area contributed by atoms with Crippen LogP contribution < -0.4 is 0 Å². The summed E-state index contributed by atoms with van der Waals surface area (Å²) in [5, 5.41) is 9.24. The highest BCUT2D eigenvalue weighted by molar-refractivity contribution is 7.89. The van der Waals surface area contributed by atoms with Crippen LogP contribution in [0.1, 0.15) is 12.8 Å². The summed E-state index contributed by atoms with van der Waals surface area (Å²) >= 11 is 0. The predicted octanol–water partition coefficient (Wildman–Crippen LogP) is 2.98. The second-order valence-corrected chi connectivity index (χ2v) is 7.24. The van der Waals surface area contributed by atoms with Gasteiger partial charge in [0.25, 0.3) is 0 Å². The largest absolute Gasteiger partial charge is 0.505 e. The fourth-order valence-corrected chi connectivity index (χ4v) is 4.16. The van der Waals surface area contributed by atoms with Crippen molar-refractivity contribution in [1.29, 1.82) is 0 Å². The fraction of sp³-hybridized carbons (Fsp3) is 0.250. The Morgan fingerprint density at radius 2 is 1.68 bits per heavy atom. The Bertz CT molecular complexity index is 799. The van der Waals surface area contributed by atoms with Crippen LogP contribution in [0.3, 0.4) is 0 Å². The molecule has 1 aliphatic heterocycles. The molecule has 22 heavy (non-hydrogen) atoms. The fourth-order valence-electron chi connectivity index (χ4n) is 2.60. The van der Waals surface area contributed by atoms with E-state index < -0.39 is 21.6 Å². The van der Waals surface area contributed by atoms with E-state index in [-0.39, 0.29) is 4.90 Å². The Morgan fingerprint density at radius 3 is 2.36 bits per heavy atom. The van der Waals surface area contributed by atoms with Crippen molar-refractivity contribution < 1.29 is 17.9 Å². The van der Waals surface area contributed by atoms with Gasteiger partial charge in [-0.1, -0.05) is 18.2 Å². The van der Waals surface area contributed by atoms with E-state index in [1.165, 1.54) is 16.4 Å². The van der Waals surface area contributed by atoms with Crippen LogP contribution in [-0.2, 0) is 10.0 Å². The highest BCUT2D eigenvalue weighted by atomic mass is 32.2. The molecule has 116 valence electrons. The first kappa shape index (κ1) is 15.0. The summed E-state index contributed by atoms with van der Waals surface area (Å²) < 4.78 is 40.0. The van der Waals surface area contributed by atoms with Crippen molar-refractivity contribution in [2.45, 2.75) is 17.7 Å². The van der Waals surface area contributed by atoms with Crippen molar-refractivity contribution in [3.63, 3.8) is 0 Å². The zero-order chi connectivity index (χ0) is 15.7. The van der Waals surface area contributed by atoms with Gasteiger partial charge >= 0.3 is 0 Å². The third-order valence-electron chi connectivity index (χ3n) is 3.82. The van der Waals surface area contributed by atoms with Crippen molar-refractivity contribution in [3.05, 3.63) is 48.3 Å². The molecule has 2 aromatic carbocycles. The number of hydrogen-bond donors (Lipinski definition) is 1. The van der Waals surface area contributed by atoms with E-state index in [2.05, 4.69) is 0 Å². The molecule has 0 saturated carbocycles. The number of benzene rings is 2. The quantitative estimate of drug-likeness (QED) is 0.945. The SMILES string of the molecule is O=S(=O)(c1cccc(-c2ccc(O)c(F)c2)c1)N1CCCC1. The third-order valence-corrected chi connectivity index (χ3v) is 5.71. The molecule has 1 fully saturated rings. The van der Waals surface area contributed by atoms with Gasteiger partial charge < -0.3 is 5.11 Å². The van der Waals surface area contributed by atoms with E-state index in [9.17, 15) is 17.9 Å². The van der Waals surface area contributed by atoms with Gasteiger partial charge in [-0.25, -0.2) is 12.8 Å². The van der Waals surface area contributed by atoms with Crippen LogP contribution in [0.5, 0.6) is 5.75 Å². The molecule has 0 radical (unpaired) electrons. The summed E-state index contributed by atoms with van der Waals surface area (Å²) in [5.41, 5.74) is 1.12. The van der Waals surface area contributed by atoms with Crippen molar-refractivity contribution in [1.82, 2.24) is 4.31 Å². The van der Waals surface area contributed by atoms with Crippen molar-refractivity contribution >= 4 is 10.0 Å². The first-order valence-electron chi connectivity index (χ1n) is 7.07. The van der Waals surface area contributed by atoms with Crippen molar-refractivity contribution in [2.75, 3.05) is 13.1 Å². The van der Waals surface area contributed by atoms with Crippen LogP contribution in [0.15, 0.2) is 47.4 Å². The minimum atomic E-state index is -3.50. The van der Waals surface area contributed by atoms with E-state index in [1.807, 2.05) is 0 Å². The minimum absolute atomic E-state index is 0.209. The van der Waals surface area contributed by atoms with E-state index in [0.717, 1.165) is 12.8 Å². The lowest BCUT2D eigenvalue weighted by molar-refractivity contribution is 0.432. The van der Waals surface area contributed by atoms with Crippen LogP contribution in [0.4, 0.5) is 4.39 Å². The van der Waals surface area contributed by atoms with Crippen LogP contribution in [-0.4, -0.2) is 30.9 Å². The molecule has 0 aromatic heterocycles. The normalized spacial score (nSPS) is 16.0. The van der Waals surface area contributed by atoms with E-state index in [4.69, 9.17) is 0 Å². The molecule has 0 aliphatic carbocycles. The number of hydrogen-bond acceptors (Lipinski definition) is 3. The lowest BCUT2D eigenvalue weighted by Gasteiger charge is -2.16. The van der Waals surface area contributed by atoms with Gasteiger partial charge in [0.05, 0.1) is 4.90 Å². The third kappa shape index (κ3) is 2.71. The lowest BCUT2D eigenvalue weighted by Crippen LogP contribution is -2.27. The molecule has 0 amide bonds. The maximum absolute atomic E-state index is 13.5. The first-order valence-corrected chi connectivity index (χ1v) is 8.51. The van der Waals surface area contributed by atoms with Gasteiger partial charge in [0.15, 0.2) is 11.6 Å². The molecule has 2 aromatic rings. The summed E-state index contributed by atoms with van der Waals surface area (Å²) in [6.07, 6.45) is 1.75. The van der Waals surface area contributed by atoms with Gasteiger partial charge in [0.1, 0.15) is 0 Å². The Kier molecular flexibility index (Phi) is 3.88. The number of nitrogens with zero attached hydrogens (tertiary/aromatic N) is 1. The molecule has 1 heterocycles. The van der Waals surface area contributed by atoms with E-state index in [0.29, 0.717) is 24.2 Å². The average Bonchev–Trinajstić information content (AvgIpc) is 3.05. The summed E-state index contributed by atoms with van der Waals surface area (Å²) in [6.45, 7) is 1.08. The highest BCUT2D eigenvalue weighted by Gasteiger charge is 2.27. The molecule has 1 saturated heterocycles. The zero-order valence-electron chi connectivity index (χ0n) is 11.9. The summed E-state index contributed by atoms with van der Waals surface area (Å²) in [6, 6.07) is 10.5. The topological polar surface area (TPSA) is 57.6 Å². The maximum Gasteiger partial charge on any atom is 0.243 e. The molecule has 0 bridgehead atoms. The highest BCUT2D eigenvalue weighted by Crippen LogP contribution is 2.28. The molecule has 4 nitrogen and oxygen atoms in total. The van der Waals surface area contributed by atoms with Gasteiger partial charge in [-0.2, -0.15) is 4.31 Å². The Morgan fingerprint density at radius 1 is 1.00 bits per heavy atom.